The van der Waals surface area contributed by atoms with E-state index in [1.54, 1.807) is 0 Å². The van der Waals surface area contributed by atoms with Crippen LogP contribution in [0, 0.1) is 46.8 Å². The molecule has 3 saturated carbocycles. The summed E-state index contributed by atoms with van der Waals surface area (Å²) < 4.78 is 0. The summed E-state index contributed by atoms with van der Waals surface area (Å²) >= 11 is 0. The first-order valence-electron chi connectivity index (χ1n) is 13.2. The predicted molar refractivity (Wildman–Crippen MR) is 121 cm³/mol. The Bertz CT molecular complexity index is 764. The maximum atomic E-state index is 11.8. The van der Waals surface area contributed by atoms with Crippen LogP contribution in [-0.4, -0.2) is 57.2 Å². The maximum absolute atomic E-state index is 11.8. The second-order valence-corrected chi connectivity index (χ2v) is 13.0. The Balaban J connectivity index is 1.32. The maximum Gasteiger partial charge on any atom is 0.0830 e. The summed E-state index contributed by atoms with van der Waals surface area (Å²) in [6.45, 7) is 9.05. The van der Waals surface area contributed by atoms with E-state index in [2.05, 4.69) is 24.8 Å². The molecule has 0 bridgehead atoms. The van der Waals surface area contributed by atoms with Crippen LogP contribution in [0.3, 0.4) is 0 Å². The number of hydrogen-bond donors (Lipinski definition) is 3. The highest BCUT2D eigenvalue weighted by Gasteiger charge is 2.64. The zero-order valence-corrected chi connectivity index (χ0v) is 19.7. The molecule has 2 heterocycles. The molecule has 4 heteroatoms. The van der Waals surface area contributed by atoms with Crippen LogP contribution in [0.4, 0.5) is 0 Å². The third-order valence-corrected chi connectivity index (χ3v) is 11.4. The van der Waals surface area contributed by atoms with E-state index in [4.69, 9.17) is 0 Å². The van der Waals surface area contributed by atoms with Gasteiger partial charge in [-0.2, -0.15) is 0 Å². The van der Waals surface area contributed by atoms with Crippen molar-refractivity contribution in [2.75, 3.05) is 13.1 Å². The molecule has 3 unspecified atom stereocenters. The largest absolute Gasteiger partial charge is 0.393 e. The second kappa shape index (κ2) is 7.04. The van der Waals surface area contributed by atoms with Crippen LogP contribution >= 0.6 is 0 Å². The van der Waals surface area contributed by atoms with Crippen LogP contribution in [0.2, 0.25) is 0 Å². The Hall–Kier alpha value is -0.420. The molecule has 0 spiro atoms. The van der Waals surface area contributed by atoms with Gasteiger partial charge in [-0.25, -0.2) is 0 Å². The predicted octanol–water partition coefficient (Wildman–Crippen LogP) is 3.60. The lowest BCUT2D eigenvalue weighted by Gasteiger charge is -2.61. The molecule has 6 aliphatic rings. The van der Waals surface area contributed by atoms with Gasteiger partial charge in [-0.1, -0.05) is 25.5 Å². The van der Waals surface area contributed by atoms with Crippen molar-refractivity contribution in [3.63, 3.8) is 0 Å². The summed E-state index contributed by atoms with van der Waals surface area (Å²) in [4.78, 5) is 2.61. The molecule has 2 saturated heterocycles. The number of piperidine rings is 2. The van der Waals surface area contributed by atoms with Crippen molar-refractivity contribution >= 4 is 0 Å². The van der Waals surface area contributed by atoms with Gasteiger partial charge < -0.3 is 15.3 Å². The Morgan fingerprint density at radius 1 is 0.968 bits per heavy atom. The smallest absolute Gasteiger partial charge is 0.0830 e. The highest BCUT2D eigenvalue weighted by molar-refractivity contribution is 5.26. The van der Waals surface area contributed by atoms with Crippen molar-refractivity contribution in [3.8, 4) is 0 Å². The summed E-state index contributed by atoms with van der Waals surface area (Å²) in [5.41, 5.74) is 0.965. The average Bonchev–Trinajstić information content (AvgIpc) is 3.08. The lowest BCUT2D eigenvalue weighted by Crippen LogP contribution is -2.69. The first-order chi connectivity index (χ1) is 14.7. The van der Waals surface area contributed by atoms with E-state index in [0.717, 1.165) is 51.6 Å². The first-order valence-corrected chi connectivity index (χ1v) is 13.2. The molecule has 174 valence electrons. The van der Waals surface area contributed by atoms with Crippen molar-refractivity contribution in [2.45, 2.75) is 96.0 Å². The minimum absolute atomic E-state index is 0.0250. The van der Waals surface area contributed by atoms with Crippen LogP contribution in [0.25, 0.3) is 0 Å². The fraction of sp³-hybridized carbons (Fsp3) is 0.926. The van der Waals surface area contributed by atoms with Crippen LogP contribution in [0.15, 0.2) is 11.6 Å². The fourth-order valence-corrected chi connectivity index (χ4v) is 10.1. The van der Waals surface area contributed by atoms with Crippen LogP contribution in [0.1, 0.15) is 72.1 Å². The molecule has 6 rings (SSSR count). The summed E-state index contributed by atoms with van der Waals surface area (Å²) in [5.74, 6) is 3.73. The number of nitrogens with zero attached hydrogens (tertiary/aromatic N) is 1. The van der Waals surface area contributed by atoms with E-state index < -0.39 is 5.60 Å². The Labute approximate surface area is 188 Å². The van der Waals surface area contributed by atoms with Gasteiger partial charge in [0.15, 0.2) is 0 Å². The molecule has 0 aromatic heterocycles. The minimum Gasteiger partial charge on any atom is -0.393 e. The molecule has 3 N–H and O–H groups in total. The number of fused-ring (bicyclic) bond motifs is 8. The summed E-state index contributed by atoms with van der Waals surface area (Å²) in [6, 6.07) is 0.213. The summed E-state index contributed by atoms with van der Waals surface area (Å²) in [5, 5.41) is 33.5. The highest BCUT2D eigenvalue weighted by atomic mass is 16.3. The lowest BCUT2D eigenvalue weighted by molar-refractivity contribution is -0.208. The van der Waals surface area contributed by atoms with E-state index in [1.807, 2.05) is 6.92 Å². The van der Waals surface area contributed by atoms with Crippen LogP contribution in [-0.2, 0) is 0 Å². The van der Waals surface area contributed by atoms with Crippen molar-refractivity contribution in [2.24, 2.45) is 46.8 Å². The average molecular weight is 430 g/mol. The summed E-state index contributed by atoms with van der Waals surface area (Å²) in [7, 11) is 0. The van der Waals surface area contributed by atoms with Crippen LogP contribution in [0.5, 0.6) is 0 Å². The van der Waals surface area contributed by atoms with Gasteiger partial charge in [-0.05, 0) is 99.2 Å². The van der Waals surface area contributed by atoms with Crippen molar-refractivity contribution < 1.29 is 15.3 Å². The molecule has 4 aliphatic carbocycles. The van der Waals surface area contributed by atoms with E-state index in [9.17, 15) is 15.3 Å². The molecule has 0 aromatic rings. The van der Waals surface area contributed by atoms with Crippen LogP contribution < -0.4 is 0 Å². The zero-order valence-electron chi connectivity index (χ0n) is 19.7. The molecule has 2 aliphatic heterocycles. The first kappa shape index (κ1) is 21.1. The monoisotopic (exact) mass is 429 g/mol. The second-order valence-electron chi connectivity index (χ2n) is 13.0. The van der Waals surface area contributed by atoms with Crippen molar-refractivity contribution in [1.82, 2.24) is 4.90 Å². The van der Waals surface area contributed by atoms with E-state index >= 15 is 0 Å². The quantitative estimate of drug-likeness (QED) is 0.515. The highest BCUT2D eigenvalue weighted by Crippen LogP contribution is 2.66. The molecule has 5 fully saturated rings. The fourth-order valence-electron chi connectivity index (χ4n) is 10.1. The Morgan fingerprint density at radius 3 is 2.55 bits per heavy atom. The Kier molecular flexibility index (Phi) is 4.80. The number of aliphatic hydroxyl groups is 3. The van der Waals surface area contributed by atoms with Gasteiger partial charge in [0, 0.05) is 25.0 Å². The van der Waals surface area contributed by atoms with Gasteiger partial charge >= 0.3 is 0 Å². The molecule has 12 atom stereocenters. The van der Waals surface area contributed by atoms with Gasteiger partial charge in [0.05, 0.1) is 17.8 Å². The van der Waals surface area contributed by atoms with Gasteiger partial charge in [-0.15, -0.1) is 0 Å². The minimum atomic E-state index is -0.788. The molecular weight excluding hydrogens is 386 g/mol. The van der Waals surface area contributed by atoms with Crippen molar-refractivity contribution in [3.05, 3.63) is 11.6 Å². The molecule has 0 amide bonds. The topological polar surface area (TPSA) is 63.9 Å². The van der Waals surface area contributed by atoms with E-state index in [-0.39, 0.29) is 29.6 Å². The summed E-state index contributed by atoms with van der Waals surface area (Å²) in [6.07, 6.45) is 10.4. The van der Waals surface area contributed by atoms with Gasteiger partial charge in [-0.3, -0.25) is 4.90 Å². The number of hydrogen-bond acceptors (Lipinski definition) is 4. The lowest BCUT2D eigenvalue weighted by atomic mass is 9.55. The van der Waals surface area contributed by atoms with Gasteiger partial charge in [0.1, 0.15) is 0 Å². The normalized spacial score (nSPS) is 59.0. The molecule has 0 radical (unpaired) electrons. The molecule has 31 heavy (non-hydrogen) atoms. The Morgan fingerprint density at radius 2 is 1.74 bits per heavy atom. The third kappa shape index (κ3) is 2.93. The standard InChI is InChI=1S/C27H43NO3/c1-15-4-7-24-27(3,31)25-21(14-28(24)13-15)19-11-22-18(20(19)12-23(25)30)6-5-16-10-17(29)8-9-26(16,22)2/h5,15,17-25,29-31H,4,6-14H2,1-3H3/t15-,17-,18-,19?,20?,21+,22?,23-,24+,25+,26-,27+/m0/s1. The molecule has 0 aromatic carbocycles. The van der Waals surface area contributed by atoms with Crippen molar-refractivity contribution in [1.29, 1.82) is 0 Å². The number of rotatable bonds is 0. The SMILES string of the molecule is C[C@H]1CC[C@H]2N(C1)C[C@@H]1C3CC4[C@@H](CC=C5C[C@@H](O)CC[C@@]54C)C3C[C@H](O)[C@@H]1[C@]2(C)O. The zero-order chi connectivity index (χ0) is 21.7. The molecule has 4 nitrogen and oxygen atoms in total. The third-order valence-electron chi connectivity index (χ3n) is 11.4. The number of aliphatic hydroxyl groups excluding tert-OH is 2. The molecular formula is C27H43NO3. The van der Waals surface area contributed by atoms with Gasteiger partial charge in [0.2, 0.25) is 0 Å². The van der Waals surface area contributed by atoms with E-state index in [1.165, 1.54) is 18.4 Å². The van der Waals surface area contributed by atoms with E-state index in [0.29, 0.717) is 35.5 Å². The van der Waals surface area contributed by atoms with Gasteiger partial charge in [0.25, 0.3) is 0 Å². The number of allylic oxidation sites excluding steroid dienone is 1.